The van der Waals surface area contributed by atoms with Gasteiger partial charge in [-0.2, -0.15) is 0 Å². The number of benzene rings is 2. The quantitative estimate of drug-likeness (QED) is 0.671. The topological polar surface area (TPSA) is 53.7 Å². The summed E-state index contributed by atoms with van der Waals surface area (Å²) >= 11 is 0. The van der Waals surface area contributed by atoms with Crippen molar-refractivity contribution in [1.82, 2.24) is 4.98 Å². The van der Waals surface area contributed by atoms with E-state index in [1.165, 1.54) is 0 Å². The fourth-order valence-electron chi connectivity index (χ4n) is 2.25. The summed E-state index contributed by atoms with van der Waals surface area (Å²) in [5.41, 5.74) is 3.38. The zero-order valence-corrected chi connectivity index (χ0v) is 12.8. The summed E-state index contributed by atoms with van der Waals surface area (Å²) in [7, 11) is 3.19. The second kappa shape index (κ2) is 6.07. The van der Waals surface area contributed by atoms with Crippen molar-refractivity contribution in [1.29, 1.82) is 0 Å². The van der Waals surface area contributed by atoms with Crippen LogP contribution in [0.3, 0.4) is 0 Å². The van der Waals surface area contributed by atoms with Crippen LogP contribution in [0.2, 0.25) is 0 Å². The number of aromatic nitrogens is 1. The van der Waals surface area contributed by atoms with Crippen molar-refractivity contribution in [3.05, 3.63) is 42.0 Å². The van der Waals surface area contributed by atoms with Crippen LogP contribution in [0.25, 0.3) is 22.6 Å². The summed E-state index contributed by atoms with van der Waals surface area (Å²) in [5, 5.41) is 0. The van der Waals surface area contributed by atoms with Gasteiger partial charge in [0.1, 0.15) is 17.0 Å². The summed E-state index contributed by atoms with van der Waals surface area (Å²) in [6.45, 7) is 2.15. The Labute approximate surface area is 128 Å². The van der Waals surface area contributed by atoms with Crippen molar-refractivity contribution in [3.8, 4) is 23.0 Å². The Morgan fingerprint density at radius 1 is 1.14 bits per heavy atom. The van der Waals surface area contributed by atoms with Crippen LogP contribution in [0.1, 0.15) is 5.56 Å². The number of hydrogen-bond donors (Lipinski definition) is 0. The minimum absolute atomic E-state index is 0.151. The molecule has 5 heteroatoms. The van der Waals surface area contributed by atoms with Crippen molar-refractivity contribution < 1.29 is 18.6 Å². The van der Waals surface area contributed by atoms with Gasteiger partial charge in [-0.15, -0.1) is 0 Å². The molecular weight excluding hydrogens is 282 g/mol. The zero-order chi connectivity index (χ0) is 15.5. The number of methoxy groups -OCH3 is 2. The van der Waals surface area contributed by atoms with Crippen molar-refractivity contribution in [2.45, 2.75) is 6.92 Å². The van der Waals surface area contributed by atoms with E-state index in [1.54, 1.807) is 14.2 Å². The first kappa shape index (κ1) is 14.4. The average molecular weight is 299 g/mol. The standard InChI is InChI=1S/C17H17NO4/c1-11-5-4-6-15-16(11)18-17(22-15)13-9-12(20-3)7-8-14(13)21-10-19-2/h4-9H,10H2,1-3H3. The van der Waals surface area contributed by atoms with Crippen LogP contribution < -0.4 is 9.47 Å². The largest absolute Gasteiger partial charge is 0.497 e. The van der Waals surface area contributed by atoms with Crippen LogP contribution in [-0.2, 0) is 4.74 Å². The average Bonchev–Trinajstić information content (AvgIpc) is 2.98. The molecule has 0 aliphatic rings. The highest BCUT2D eigenvalue weighted by molar-refractivity contribution is 5.80. The van der Waals surface area contributed by atoms with Crippen LogP contribution in [-0.4, -0.2) is 26.0 Å². The number of hydrogen-bond acceptors (Lipinski definition) is 5. The molecule has 0 unspecified atom stereocenters. The van der Waals surface area contributed by atoms with E-state index >= 15 is 0 Å². The van der Waals surface area contributed by atoms with Crippen molar-refractivity contribution in [2.24, 2.45) is 0 Å². The molecule has 1 heterocycles. The maximum Gasteiger partial charge on any atom is 0.231 e. The van der Waals surface area contributed by atoms with E-state index in [9.17, 15) is 0 Å². The lowest BCUT2D eigenvalue weighted by Crippen LogP contribution is -2.00. The van der Waals surface area contributed by atoms with Gasteiger partial charge in [-0.1, -0.05) is 12.1 Å². The van der Waals surface area contributed by atoms with E-state index in [1.807, 2.05) is 43.3 Å². The molecule has 0 atom stereocenters. The third-order valence-electron chi connectivity index (χ3n) is 3.37. The maximum atomic E-state index is 5.87. The second-order valence-corrected chi connectivity index (χ2v) is 4.85. The molecule has 1 aromatic heterocycles. The summed E-state index contributed by atoms with van der Waals surface area (Å²) in [6, 6.07) is 11.3. The summed E-state index contributed by atoms with van der Waals surface area (Å²) in [4.78, 5) is 4.58. The summed E-state index contributed by atoms with van der Waals surface area (Å²) in [5.74, 6) is 1.83. The molecule has 0 spiro atoms. The number of para-hydroxylation sites is 1. The van der Waals surface area contributed by atoms with Gasteiger partial charge in [0.15, 0.2) is 12.4 Å². The predicted octanol–water partition coefficient (Wildman–Crippen LogP) is 3.79. The second-order valence-electron chi connectivity index (χ2n) is 4.85. The predicted molar refractivity (Wildman–Crippen MR) is 83.2 cm³/mol. The third-order valence-corrected chi connectivity index (χ3v) is 3.37. The first-order chi connectivity index (χ1) is 10.7. The summed E-state index contributed by atoms with van der Waals surface area (Å²) in [6.07, 6.45) is 0. The number of oxazole rings is 1. The number of nitrogens with zero attached hydrogens (tertiary/aromatic N) is 1. The van der Waals surface area contributed by atoms with E-state index in [-0.39, 0.29) is 6.79 Å². The Hall–Kier alpha value is -2.53. The molecule has 0 bridgehead atoms. The highest BCUT2D eigenvalue weighted by Gasteiger charge is 2.15. The van der Waals surface area contributed by atoms with Crippen LogP contribution in [0.15, 0.2) is 40.8 Å². The minimum Gasteiger partial charge on any atom is -0.497 e. The van der Waals surface area contributed by atoms with Crippen LogP contribution in [0.5, 0.6) is 11.5 Å². The van der Waals surface area contributed by atoms with Crippen LogP contribution in [0.4, 0.5) is 0 Å². The molecular formula is C17H17NO4. The van der Waals surface area contributed by atoms with Gasteiger partial charge in [0.25, 0.3) is 0 Å². The van der Waals surface area contributed by atoms with E-state index in [0.29, 0.717) is 17.4 Å². The lowest BCUT2D eigenvalue weighted by molar-refractivity contribution is 0.0514. The first-order valence-corrected chi connectivity index (χ1v) is 6.89. The normalized spacial score (nSPS) is 10.9. The molecule has 22 heavy (non-hydrogen) atoms. The Bertz CT molecular complexity index is 794. The van der Waals surface area contributed by atoms with Crippen molar-refractivity contribution in [3.63, 3.8) is 0 Å². The van der Waals surface area contributed by atoms with Crippen molar-refractivity contribution >= 4 is 11.1 Å². The molecule has 0 aliphatic carbocycles. The van der Waals surface area contributed by atoms with Gasteiger partial charge in [0, 0.05) is 7.11 Å². The van der Waals surface area contributed by atoms with Gasteiger partial charge in [-0.3, -0.25) is 0 Å². The minimum atomic E-state index is 0.151. The summed E-state index contributed by atoms with van der Waals surface area (Å²) < 4.78 is 21.7. The maximum absolute atomic E-state index is 5.87. The molecule has 0 saturated heterocycles. The fourth-order valence-corrected chi connectivity index (χ4v) is 2.25. The number of fused-ring (bicyclic) bond motifs is 1. The smallest absolute Gasteiger partial charge is 0.231 e. The molecule has 2 aromatic carbocycles. The van der Waals surface area contributed by atoms with E-state index < -0.39 is 0 Å². The Kier molecular flexibility index (Phi) is 3.98. The van der Waals surface area contributed by atoms with E-state index in [2.05, 4.69) is 4.98 Å². The Morgan fingerprint density at radius 3 is 2.73 bits per heavy atom. The van der Waals surface area contributed by atoms with E-state index in [0.717, 1.165) is 22.2 Å². The van der Waals surface area contributed by atoms with Gasteiger partial charge in [0.05, 0.1) is 12.7 Å². The fraction of sp³-hybridized carbons (Fsp3) is 0.235. The van der Waals surface area contributed by atoms with Crippen LogP contribution >= 0.6 is 0 Å². The third kappa shape index (κ3) is 2.63. The molecule has 0 aliphatic heterocycles. The van der Waals surface area contributed by atoms with Gasteiger partial charge in [0.2, 0.25) is 5.89 Å². The molecule has 0 amide bonds. The number of ether oxygens (including phenoxy) is 3. The van der Waals surface area contributed by atoms with Crippen molar-refractivity contribution in [2.75, 3.05) is 21.0 Å². The first-order valence-electron chi connectivity index (χ1n) is 6.89. The molecule has 3 rings (SSSR count). The molecule has 114 valence electrons. The zero-order valence-electron chi connectivity index (χ0n) is 12.8. The SMILES string of the molecule is COCOc1ccc(OC)cc1-c1nc2c(C)cccc2o1. The Morgan fingerprint density at radius 2 is 2.00 bits per heavy atom. The molecule has 0 radical (unpaired) electrons. The lowest BCUT2D eigenvalue weighted by Gasteiger charge is -2.10. The Balaban J connectivity index is 2.12. The monoisotopic (exact) mass is 299 g/mol. The molecule has 3 aromatic rings. The number of aryl methyl sites for hydroxylation is 1. The van der Waals surface area contributed by atoms with Gasteiger partial charge in [-0.05, 0) is 36.8 Å². The highest BCUT2D eigenvalue weighted by atomic mass is 16.7. The molecule has 0 saturated carbocycles. The lowest BCUT2D eigenvalue weighted by atomic mass is 10.2. The number of rotatable bonds is 5. The van der Waals surface area contributed by atoms with Crippen LogP contribution in [0, 0.1) is 6.92 Å². The van der Waals surface area contributed by atoms with Gasteiger partial charge in [-0.25, -0.2) is 4.98 Å². The van der Waals surface area contributed by atoms with E-state index in [4.69, 9.17) is 18.6 Å². The van der Waals surface area contributed by atoms with Gasteiger partial charge < -0.3 is 18.6 Å². The highest BCUT2D eigenvalue weighted by Crippen LogP contribution is 2.35. The molecule has 0 N–H and O–H groups in total. The molecule has 5 nitrogen and oxygen atoms in total. The van der Waals surface area contributed by atoms with Gasteiger partial charge >= 0.3 is 0 Å². The molecule has 0 fully saturated rings.